The second-order valence-electron chi connectivity index (χ2n) is 7.26. The van der Waals surface area contributed by atoms with Crippen molar-refractivity contribution in [2.45, 2.75) is 26.7 Å². The fourth-order valence-electron chi connectivity index (χ4n) is 3.20. The highest BCUT2D eigenvalue weighted by molar-refractivity contribution is 6.30. The summed E-state index contributed by atoms with van der Waals surface area (Å²) in [5, 5.41) is 12.8. The van der Waals surface area contributed by atoms with E-state index in [1.165, 1.54) is 6.07 Å². The number of halogens is 1. The van der Waals surface area contributed by atoms with E-state index in [2.05, 4.69) is 5.32 Å². The van der Waals surface area contributed by atoms with Gasteiger partial charge in [0.05, 0.1) is 5.56 Å². The molecule has 0 spiro atoms. The Morgan fingerprint density at radius 2 is 1.69 bits per heavy atom. The number of hydrogen-bond donors (Lipinski definition) is 2. The van der Waals surface area contributed by atoms with Gasteiger partial charge in [-0.25, -0.2) is 4.79 Å². The molecule has 1 amide bonds. The zero-order valence-electron chi connectivity index (χ0n) is 16.5. The van der Waals surface area contributed by atoms with Gasteiger partial charge in [0.15, 0.2) is 0 Å². The Bertz CT molecular complexity index is 1090. The Morgan fingerprint density at radius 1 is 0.966 bits per heavy atom. The number of anilines is 1. The second kappa shape index (κ2) is 8.50. The lowest BCUT2D eigenvalue weighted by molar-refractivity contribution is 0.0696. The number of carboxylic acid groups (broad SMARTS) is 1. The van der Waals surface area contributed by atoms with Gasteiger partial charge in [-0.3, -0.25) is 4.79 Å². The van der Waals surface area contributed by atoms with Crippen LogP contribution in [0.4, 0.5) is 5.69 Å². The van der Waals surface area contributed by atoms with Gasteiger partial charge in [0.25, 0.3) is 5.91 Å². The lowest BCUT2D eigenvalue weighted by Crippen LogP contribution is -2.16. The van der Waals surface area contributed by atoms with Gasteiger partial charge in [0.2, 0.25) is 0 Å². The highest BCUT2D eigenvalue weighted by Crippen LogP contribution is 2.28. The molecule has 3 rings (SSSR count). The van der Waals surface area contributed by atoms with E-state index >= 15 is 0 Å². The van der Waals surface area contributed by atoms with Crippen LogP contribution in [0.3, 0.4) is 0 Å². The van der Waals surface area contributed by atoms with Crippen LogP contribution in [-0.2, 0) is 0 Å². The quantitative estimate of drug-likeness (QED) is 0.515. The van der Waals surface area contributed by atoms with Crippen LogP contribution in [0, 0.1) is 6.92 Å². The van der Waals surface area contributed by atoms with E-state index in [1.807, 2.05) is 57.2 Å². The van der Waals surface area contributed by atoms with Crippen molar-refractivity contribution in [3.05, 3.63) is 87.9 Å². The fourth-order valence-corrected chi connectivity index (χ4v) is 3.40. The summed E-state index contributed by atoms with van der Waals surface area (Å²) >= 11 is 6.10. The molecule has 3 aromatic carbocycles. The van der Waals surface area contributed by atoms with Crippen LogP contribution in [0.1, 0.15) is 51.6 Å². The molecule has 4 nitrogen and oxygen atoms in total. The summed E-state index contributed by atoms with van der Waals surface area (Å²) in [5.41, 5.74) is 4.68. The number of carbonyl (C=O) groups excluding carboxylic acids is 1. The van der Waals surface area contributed by atoms with Crippen LogP contribution in [0.15, 0.2) is 60.7 Å². The van der Waals surface area contributed by atoms with Crippen molar-refractivity contribution >= 4 is 29.2 Å². The summed E-state index contributed by atoms with van der Waals surface area (Å²) in [5.74, 6) is -1.18. The van der Waals surface area contributed by atoms with Crippen LogP contribution in [-0.4, -0.2) is 17.0 Å². The molecule has 29 heavy (non-hydrogen) atoms. The topological polar surface area (TPSA) is 66.4 Å². The van der Waals surface area contributed by atoms with Crippen molar-refractivity contribution in [1.29, 1.82) is 0 Å². The van der Waals surface area contributed by atoms with Crippen molar-refractivity contribution in [3.8, 4) is 11.1 Å². The number of rotatable bonds is 5. The van der Waals surface area contributed by atoms with Crippen molar-refractivity contribution < 1.29 is 14.7 Å². The van der Waals surface area contributed by atoms with Crippen LogP contribution < -0.4 is 5.32 Å². The summed E-state index contributed by atoms with van der Waals surface area (Å²) in [6, 6.07) is 17.9. The molecule has 0 saturated carbocycles. The zero-order chi connectivity index (χ0) is 21.1. The average Bonchev–Trinajstić information content (AvgIpc) is 2.68. The first-order valence-corrected chi connectivity index (χ1v) is 9.69. The van der Waals surface area contributed by atoms with Crippen molar-refractivity contribution in [1.82, 2.24) is 0 Å². The first-order chi connectivity index (χ1) is 13.8. The van der Waals surface area contributed by atoms with Gasteiger partial charge in [-0.05, 0) is 65.4 Å². The molecular formula is C24H22ClNO3. The first-order valence-electron chi connectivity index (χ1n) is 9.31. The molecule has 0 heterocycles. The average molecular weight is 408 g/mol. The smallest absolute Gasteiger partial charge is 0.335 e. The maximum atomic E-state index is 13.1. The third-order valence-corrected chi connectivity index (χ3v) is 5.05. The Morgan fingerprint density at radius 3 is 2.34 bits per heavy atom. The molecule has 5 heteroatoms. The molecule has 0 radical (unpaired) electrons. The van der Waals surface area contributed by atoms with Gasteiger partial charge in [0, 0.05) is 16.3 Å². The van der Waals surface area contributed by atoms with E-state index in [9.17, 15) is 14.7 Å². The highest BCUT2D eigenvalue weighted by Gasteiger charge is 2.16. The van der Waals surface area contributed by atoms with Gasteiger partial charge in [0.1, 0.15) is 0 Å². The maximum Gasteiger partial charge on any atom is 0.335 e. The second-order valence-corrected chi connectivity index (χ2v) is 7.69. The molecule has 0 unspecified atom stereocenters. The monoisotopic (exact) mass is 407 g/mol. The Labute approximate surface area is 175 Å². The van der Waals surface area contributed by atoms with Gasteiger partial charge < -0.3 is 10.4 Å². The van der Waals surface area contributed by atoms with Gasteiger partial charge in [-0.15, -0.1) is 0 Å². The minimum absolute atomic E-state index is 0.132. The fraction of sp³-hybridized carbons (Fsp3) is 0.167. The predicted octanol–water partition coefficient (Wildman–Crippen LogP) is 6.39. The predicted molar refractivity (Wildman–Crippen MR) is 117 cm³/mol. The summed E-state index contributed by atoms with van der Waals surface area (Å²) in [7, 11) is 0. The summed E-state index contributed by atoms with van der Waals surface area (Å²) in [6.45, 7) is 5.86. The molecule has 0 fully saturated rings. The largest absolute Gasteiger partial charge is 0.478 e. The number of aromatic carboxylic acids is 1. The molecule has 0 aliphatic carbocycles. The maximum absolute atomic E-state index is 13.1. The van der Waals surface area contributed by atoms with Crippen molar-refractivity contribution in [2.75, 3.05) is 5.32 Å². The lowest BCUT2D eigenvalue weighted by Gasteiger charge is -2.16. The van der Waals surface area contributed by atoms with E-state index < -0.39 is 5.97 Å². The van der Waals surface area contributed by atoms with E-state index in [0.717, 1.165) is 22.3 Å². The zero-order valence-corrected chi connectivity index (χ0v) is 17.2. The summed E-state index contributed by atoms with van der Waals surface area (Å²) in [4.78, 5) is 24.4. The standard InChI is InChI=1S/C24H22ClNO3/c1-14(2)20-10-9-18(24(28)29)13-22(20)26-23(27)21-12-17(8-7-15(21)3)16-5-4-6-19(25)11-16/h4-14H,1-3H3,(H,26,27)(H,28,29). The SMILES string of the molecule is Cc1ccc(-c2cccc(Cl)c2)cc1C(=O)Nc1cc(C(=O)O)ccc1C(C)C. The third kappa shape index (κ3) is 4.66. The molecule has 0 aliphatic rings. The number of carboxylic acids is 1. The molecule has 0 aromatic heterocycles. The number of carbonyl (C=O) groups is 2. The summed E-state index contributed by atoms with van der Waals surface area (Å²) < 4.78 is 0. The Kier molecular flexibility index (Phi) is 6.04. The number of hydrogen-bond acceptors (Lipinski definition) is 2. The van der Waals surface area contributed by atoms with Gasteiger partial charge in [-0.1, -0.05) is 55.8 Å². The number of benzene rings is 3. The van der Waals surface area contributed by atoms with E-state index in [0.29, 0.717) is 16.3 Å². The van der Waals surface area contributed by atoms with Crippen LogP contribution in [0.5, 0.6) is 0 Å². The molecule has 3 aromatic rings. The van der Waals surface area contributed by atoms with Crippen LogP contribution in [0.25, 0.3) is 11.1 Å². The van der Waals surface area contributed by atoms with Crippen LogP contribution in [0.2, 0.25) is 5.02 Å². The first kappa shape index (κ1) is 20.6. The molecule has 0 atom stereocenters. The van der Waals surface area contributed by atoms with E-state index in [-0.39, 0.29) is 17.4 Å². The minimum atomic E-state index is -1.03. The molecule has 0 saturated heterocycles. The minimum Gasteiger partial charge on any atom is -0.478 e. The van der Waals surface area contributed by atoms with Gasteiger partial charge >= 0.3 is 5.97 Å². The van der Waals surface area contributed by atoms with Gasteiger partial charge in [-0.2, -0.15) is 0 Å². The number of amides is 1. The molecule has 0 bridgehead atoms. The van der Waals surface area contributed by atoms with Crippen molar-refractivity contribution in [2.24, 2.45) is 0 Å². The van der Waals surface area contributed by atoms with Crippen LogP contribution >= 0.6 is 11.6 Å². The Hall–Kier alpha value is -3.11. The number of aryl methyl sites for hydroxylation is 1. The normalized spacial score (nSPS) is 10.8. The Balaban J connectivity index is 1.98. The summed E-state index contributed by atoms with van der Waals surface area (Å²) in [6.07, 6.45) is 0. The molecule has 148 valence electrons. The third-order valence-electron chi connectivity index (χ3n) is 4.81. The highest BCUT2D eigenvalue weighted by atomic mass is 35.5. The van der Waals surface area contributed by atoms with E-state index in [4.69, 9.17) is 11.6 Å². The van der Waals surface area contributed by atoms with Crippen molar-refractivity contribution in [3.63, 3.8) is 0 Å². The lowest BCUT2D eigenvalue weighted by atomic mass is 9.97. The number of nitrogens with one attached hydrogen (secondary N) is 1. The van der Waals surface area contributed by atoms with E-state index in [1.54, 1.807) is 18.2 Å². The molecule has 2 N–H and O–H groups in total. The molecule has 0 aliphatic heterocycles. The molecular weight excluding hydrogens is 386 g/mol.